The summed E-state index contributed by atoms with van der Waals surface area (Å²) in [6, 6.07) is 17.9. The van der Waals surface area contributed by atoms with Crippen LogP contribution in [-0.2, 0) is 11.2 Å². The zero-order valence-electron chi connectivity index (χ0n) is 17.5. The Labute approximate surface area is 193 Å². The van der Waals surface area contributed by atoms with Gasteiger partial charge in [-0.15, -0.1) is 11.3 Å². The number of nitrogens with zero attached hydrogens (tertiary/aromatic N) is 2. The summed E-state index contributed by atoms with van der Waals surface area (Å²) in [6.45, 7) is 1.97. The summed E-state index contributed by atoms with van der Waals surface area (Å²) in [7, 11) is 0. The molecule has 1 amide bonds. The monoisotopic (exact) mass is 467 g/mol. The first-order valence-electron chi connectivity index (χ1n) is 10.2. The lowest BCUT2D eigenvalue weighted by Crippen LogP contribution is -2.34. The molecule has 2 heterocycles. The van der Waals surface area contributed by atoms with E-state index in [2.05, 4.69) is 22.4 Å². The molecule has 0 unspecified atom stereocenters. The van der Waals surface area contributed by atoms with Gasteiger partial charge in [-0.1, -0.05) is 54.2 Å². The molecule has 0 bridgehead atoms. The molecule has 1 N–H and O–H groups in total. The summed E-state index contributed by atoms with van der Waals surface area (Å²) in [5.41, 5.74) is 1.56. The van der Waals surface area contributed by atoms with Crippen molar-refractivity contribution in [3.8, 4) is 5.69 Å². The second kappa shape index (κ2) is 10.1. The van der Waals surface area contributed by atoms with E-state index in [0.29, 0.717) is 10.2 Å². The minimum absolute atomic E-state index is 0.00406. The molecule has 0 radical (unpaired) electrons. The van der Waals surface area contributed by atoms with E-state index in [0.717, 1.165) is 24.6 Å². The predicted octanol–water partition coefficient (Wildman–Crippen LogP) is 4.82. The number of nitrogens with one attached hydrogen (secondary N) is 1. The van der Waals surface area contributed by atoms with Gasteiger partial charge in [0, 0.05) is 6.04 Å². The van der Waals surface area contributed by atoms with E-state index in [9.17, 15) is 14.0 Å². The van der Waals surface area contributed by atoms with Gasteiger partial charge in [-0.05, 0) is 48.9 Å². The molecule has 8 heteroatoms. The largest absolute Gasteiger partial charge is 0.353 e. The number of hydrogen-bond donors (Lipinski definition) is 1. The topological polar surface area (TPSA) is 64.0 Å². The number of thiophene rings is 1. The van der Waals surface area contributed by atoms with Gasteiger partial charge in [0.05, 0.1) is 17.0 Å². The molecule has 0 saturated heterocycles. The van der Waals surface area contributed by atoms with E-state index in [1.807, 2.05) is 25.1 Å². The number of fused-ring (bicyclic) bond motifs is 1. The first-order valence-corrected chi connectivity index (χ1v) is 12.1. The number of aryl methyl sites for hydroxylation is 1. The molecule has 2 aromatic carbocycles. The van der Waals surface area contributed by atoms with Crippen LogP contribution in [-0.4, -0.2) is 27.3 Å². The fraction of sp³-hybridized carbons (Fsp3) is 0.208. The molecule has 5 nitrogen and oxygen atoms in total. The average Bonchev–Trinajstić information content (AvgIpc) is 3.27. The molecule has 0 spiro atoms. The van der Waals surface area contributed by atoms with Gasteiger partial charge in [0.1, 0.15) is 10.5 Å². The van der Waals surface area contributed by atoms with E-state index in [1.165, 1.54) is 33.6 Å². The Bertz CT molecular complexity index is 1290. The van der Waals surface area contributed by atoms with Gasteiger partial charge in [0.2, 0.25) is 5.91 Å². The van der Waals surface area contributed by atoms with Crippen molar-refractivity contribution in [3.63, 3.8) is 0 Å². The van der Waals surface area contributed by atoms with Gasteiger partial charge < -0.3 is 5.32 Å². The number of para-hydroxylation sites is 1. The van der Waals surface area contributed by atoms with E-state index in [-0.39, 0.29) is 34.1 Å². The van der Waals surface area contributed by atoms with Crippen molar-refractivity contribution in [1.29, 1.82) is 0 Å². The fourth-order valence-corrected chi connectivity index (χ4v) is 4.96. The van der Waals surface area contributed by atoms with Crippen molar-refractivity contribution in [3.05, 3.63) is 87.8 Å². The number of halogens is 1. The van der Waals surface area contributed by atoms with Gasteiger partial charge in [-0.25, -0.2) is 9.37 Å². The fourth-order valence-electron chi connectivity index (χ4n) is 3.38. The summed E-state index contributed by atoms with van der Waals surface area (Å²) >= 11 is 2.39. The predicted molar refractivity (Wildman–Crippen MR) is 128 cm³/mol. The molecule has 0 saturated carbocycles. The smallest absolute Gasteiger partial charge is 0.276 e. The number of benzene rings is 2. The molecule has 0 aliphatic heterocycles. The molecule has 164 valence electrons. The lowest BCUT2D eigenvalue weighted by atomic mass is 10.1. The van der Waals surface area contributed by atoms with Gasteiger partial charge in [-0.2, -0.15) is 0 Å². The molecule has 1 atom stereocenters. The van der Waals surface area contributed by atoms with E-state index in [1.54, 1.807) is 23.6 Å². The Morgan fingerprint density at radius 2 is 1.91 bits per heavy atom. The molecule has 0 fully saturated rings. The minimum Gasteiger partial charge on any atom is -0.353 e. The summed E-state index contributed by atoms with van der Waals surface area (Å²) in [5.74, 6) is -0.602. The number of rotatable bonds is 8. The summed E-state index contributed by atoms with van der Waals surface area (Å²) in [5, 5.41) is 5.06. The second-order valence-electron chi connectivity index (χ2n) is 7.40. The highest BCUT2D eigenvalue weighted by molar-refractivity contribution is 7.99. The minimum atomic E-state index is -0.520. The Kier molecular flexibility index (Phi) is 7.02. The molecule has 0 aliphatic rings. The zero-order chi connectivity index (χ0) is 22.5. The quantitative estimate of drug-likeness (QED) is 0.298. The Hall–Kier alpha value is -2.97. The molecule has 2 aromatic heterocycles. The van der Waals surface area contributed by atoms with Crippen molar-refractivity contribution in [1.82, 2.24) is 14.9 Å². The highest BCUT2D eigenvalue weighted by atomic mass is 32.2. The van der Waals surface area contributed by atoms with Gasteiger partial charge in [0.25, 0.3) is 5.56 Å². The van der Waals surface area contributed by atoms with Crippen LogP contribution in [0.15, 0.2) is 76.0 Å². The average molecular weight is 468 g/mol. The zero-order valence-corrected chi connectivity index (χ0v) is 19.1. The maximum Gasteiger partial charge on any atom is 0.276 e. The van der Waals surface area contributed by atoms with Crippen LogP contribution in [0, 0.1) is 5.82 Å². The third kappa shape index (κ3) is 5.08. The normalized spacial score (nSPS) is 12.1. The van der Waals surface area contributed by atoms with Gasteiger partial charge in [0.15, 0.2) is 5.16 Å². The molecular weight excluding hydrogens is 445 g/mol. The van der Waals surface area contributed by atoms with Crippen LogP contribution in [0.4, 0.5) is 4.39 Å². The summed E-state index contributed by atoms with van der Waals surface area (Å²) in [6.07, 6.45) is 1.69. The van der Waals surface area contributed by atoms with Crippen molar-refractivity contribution in [2.45, 2.75) is 31.0 Å². The number of carbonyl (C=O) groups excluding carboxylic acids is 1. The van der Waals surface area contributed by atoms with Crippen molar-refractivity contribution >= 4 is 39.2 Å². The van der Waals surface area contributed by atoms with Crippen LogP contribution in [0.3, 0.4) is 0 Å². The standard InChI is InChI=1S/C24H22FN3O2S2/c1-16(11-12-17-7-3-2-4-8-17)26-21(29)15-32-24-27-19-13-14-31-22(19)23(30)28(24)20-10-6-5-9-18(20)25/h2-10,13-14,16H,11-12,15H2,1H3,(H,26,29)/t16-/m0/s1. The number of hydrogen-bond acceptors (Lipinski definition) is 5. The summed E-state index contributed by atoms with van der Waals surface area (Å²) < 4.78 is 16.2. The molecular formula is C24H22FN3O2S2. The Morgan fingerprint density at radius 3 is 2.69 bits per heavy atom. The maximum absolute atomic E-state index is 14.5. The first-order chi connectivity index (χ1) is 15.5. The van der Waals surface area contributed by atoms with Crippen LogP contribution in [0.25, 0.3) is 15.9 Å². The highest BCUT2D eigenvalue weighted by Gasteiger charge is 2.18. The first kappa shape index (κ1) is 22.2. The molecule has 0 aliphatic carbocycles. The third-order valence-electron chi connectivity index (χ3n) is 4.99. The number of carbonyl (C=O) groups is 1. The molecule has 4 aromatic rings. The van der Waals surface area contributed by atoms with Crippen molar-refractivity contribution < 1.29 is 9.18 Å². The van der Waals surface area contributed by atoms with Crippen LogP contribution >= 0.6 is 23.1 Å². The maximum atomic E-state index is 14.5. The molecule has 32 heavy (non-hydrogen) atoms. The van der Waals surface area contributed by atoms with E-state index in [4.69, 9.17) is 0 Å². The van der Waals surface area contributed by atoms with Crippen LogP contribution in [0.1, 0.15) is 18.9 Å². The second-order valence-corrected chi connectivity index (χ2v) is 9.26. The van der Waals surface area contributed by atoms with Crippen LogP contribution in [0.2, 0.25) is 0 Å². The van der Waals surface area contributed by atoms with Crippen LogP contribution in [0.5, 0.6) is 0 Å². The number of amides is 1. The highest BCUT2D eigenvalue weighted by Crippen LogP contribution is 2.24. The van der Waals surface area contributed by atoms with Gasteiger partial charge >= 0.3 is 0 Å². The van der Waals surface area contributed by atoms with E-state index >= 15 is 0 Å². The number of thioether (sulfide) groups is 1. The molecule has 4 rings (SSSR count). The van der Waals surface area contributed by atoms with Gasteiger partial charge in [-0.3, -0.25) is 14.2 Å². The number of aromatic nitrogens is 2. The van der Waals surface area contributed by atoms with Crippen molar-refractivity contribution in [2.24, 2.45) is 0 Å². The lowest BCUT2D eigenvalue weighted by molar-refractivity contribution is -0.119. The SMILES string of the molecule is C[C@@H](CCc1ccccc1)NC(=O)CSc1nc2ccsc2c(=O)n1-c1ccccc1F. The Balaban J connectivity index is 1.48. The Morgan fingerprint density at radius 1 is 1.16 bits per heavy atom. The van der Waals surface area contributed by atoms with Crippen LogP contribution < -0.4 is 10.9 Å². The lowest BCUT2D eigenvalue weighted by Gasteiger charge is -2.15. The third-order valence-corrected chi connectivity index (χ3v) is 6.82. The summed E-state index contributed by atoms with van der Waals surface area (Å²) in [4.78, 5) is 30.1. The van der Waals surface area contributed by atoms with Crippen molar-refractivity contribution in [2.75, 3.05) is 5.75 Å². The van der Waals surface area contributed by atoms with E-state index < -0.39 is 5.82 Å².